The number of carbonyl (C=O) groups is 1. The maximum atomic E-state index is 12.0. The summed E-state index contributed by atoms with van der Waals surface area (Å²) in [6, 6.07) is 16.1. The van der Waals surface area contributed by atoms with Crippen LogP contribution >= 0.6 is 0 Å². The molecule has 0 amide bonds. The van der Waals surface area contributed by atoms with E-state index in [1.54, 1.807) is 24.3 Å². The van der Waals surface area contributed by atoms with Crippen LogP contribution in [0.2, 0.25) is 0 Å². The van der Waals surface area contributed by atoms with E-state index in [0.717, 1.165) is 11.1 Å². The standard InChI is InChI=1S/C18H15NO4/c20-10-13-6-8-15(9-7-13)18(21)23-12-16-11-22-17(19-16)14-4-2-1-3-5-14/h1-9,11,20H,10,12H2. The largest absolute Gasteiger partial charge is 0.455 e. The van der Waals surface area contributed by atoms with Crippen LogP contribution in [0.1, 0.15) is 21.6 Å². The number of carbonyl (C=O) groups excluding carboxylic acids is 1. The van der Waals surface area contributed by atoms with E-state index in [2.05, 4.69) is 4.98 Å². The van der Waals surface area contributed by atoms with Crippen LogP contribution in [0.15, 0.2) is 65.3 Å². The fourth-order valence-electron chi connectivity index (χ4n) is 2.06. The number of nitrogens with zero attached hydrogens (tertiary/aromatic N) is 1. The average molecular weight is 309 g/mol. The van der Waals surface area contributed by atoms with Crippen molar-refractivity contribution in [1.29, 1.82) is 0 Å². The SMILES string of the molecule is O=C(OCc1coc(-c2ccccc2)n1)c1ccc(CO)cc1. The van der Waals surface area contributed by atoms with Gasteiger partial charge in [0.2, 0.25) is 5.89 Å². The Balaban J connectivity index is 1.62. The summed E-state index contributed by atoms with van der Waals surface area (Å²) in [4.78, 5) is 16.2. The lowest BCUT2D eigenvalue weighted by atomic mass is 10.1. The molecule has 0 atom stereocenters. The lowest BCUT2D eigenvalue weighted by Gasteiger charge is -2.03. The molecule has 2 aromatic carbocycles. The Hall–Kier alpha value is -2.92. The first-order valence-corrected chi connectivity index (χ1v) is 7.13. The van der Waals surface area contributed by atoms with E-state index in [9.17, 15) is 4.79 Å². The number of oxazole rings is 1. The number of aliphatic hydroxyl groups excluding tert-OH is 1. The van der Waals surface area contributed by atoms with Crippen LogP contribution in [-0.4, -0.2) is 16.1 Å². The van der Waals surface area contributed by atoms with Gasteiger partial charge in [-0.3, -0.25) is 0 Å². The van der Waals surface area contributed by atoms with Crippen LogP contribution in [0.4, 0.5) is 0 Å². The van der Waals surface area contributed by atoms with Crippen molar-refractivity contribution in [2.24, 2.45) is 0 Å². The molecule has 23 heavy (non-hydrogen) atoms. The van der Waals surface area contributed by atoms with Gasteiger partial charge in [0.1, 0.15) is 18.6 Å². The van der Waals surface area contributed by atoms with Crippen LogP contribution in [0, 0.1) is 0 Å². The summed E-state index contributed by atoms with van der Waals surface area (Å²) in [7, 11) is 0. The van der Waals surface area contributed by atoms with E-state index in [-0.39, 0.29) is 13.2 Å². The van der Waals surface area contributed by atoms with Crippen LogP contribution in [0.25, 0.3) is 11.5 Å². The molecule has 5 heteroatoms. The Kier molecular flexibility index (Phi) is 4.49. The highest BCUT2D eigenvalue weighted by Crippen LogP contribution is 2.18. The lowest BCUT2D eigenvalue weighted by Crippen LogP contribution is -2.05. The zero-order chi connectivity index (χ0) is 16.1. The quantitative estimate of drug-likeness (QED) is 0.733. The van der Waals surface area contributed by atoms with Crippen molar-refractivity contribution in [3.63, 3.8) is 0 Å². The summed E-state index contributed by atoms with van der Waals surface area (Å²) in [5.74, 6) is 0.0442. The van der Waals surface area contributed by atoms with E-state index in [0.29, 0.717) is 17.1 Å². The summed E-state index contributed by atoms with van der Waals surface area (Å²) in [6.07, 6.45) is 1.48. The molecule has 0 aliphatic heterocycles. The second kappa shape index (κ2) is 6.89. The smallest absolute Gasteiger partial charge is 0.338 e. The Labute approximate surface area is 133 Å². The maximum Gasteiger partial charge on any atom is 0.338 e. The number of aliphatic hydroxyl groups is 1. The first-order valence-electron chi connectivity index (χ1n) is 7.13. The van der Waals surface area contributed by atoms with Crippen molar-refractivity contribution < 1.29 is 19.1 Å². The number of aromatic nitrogens is 1. The summed E-state index contributed by atoms with van der Waals surface area (Å²) < 4.78 is 10.6. The molecule has 0 aliphatic rings. The summed E-state index contributed by atoms with van der Waals surface area (Å²) >= 11 is 0. The second-order valence-electron chi connectivity index (χ2n) is 4.94. The molecule has 0 unspecified atom stereocenters. The molecule has 0 saturated carbocycles. The molecular weight excluding hydrogens is 294 g/mol. The minimum absolute atomic E-state index is 0.0386. The Morgan fingerprint density at radius 3 is 2.52 bits per heavy atom. The van der Waals surface area contributed by atoms with Gasteiger partial charge in [0, 0.05) is 5.56 Å². The van der Waals surface area contributed by atoms with Crippen molar-refractivity contribution in [2.75, 3.05) is 0 Å². The molecule has 0 spiro atoms. The maximum absolute atomic E-state index is 12.0. The normalized spacial score (nSPS) is 10.5. The minimum Gasteiger partial charge on any atom is -0.455 e. The van der Waals surface area contributed by atoms with Gasteiger partial charge in [-0.2, -0.15) is 0 Å². The van der Waals surface area contributed by atoms with Crippen LogP contribution < -0.4 is 0 Å². The first-order chi connectivity index (χ1) is 11.3. The highest BCUT2D eigenvalue weighted by Gasteiger charge is 2.10. The average Bonchev–Trinajstić information content (AvgIpc) is 3.09. The van der Waals surface area contributed by atoms with E-state index in [1.165, 1.54) is 6.26 Å². The Morgan fingerprint density at radius 2 is 1.83 bits per heavy atom. The number of esters is 1. The zero-order valence-electron chi connectivity index (χ0n) is 12.3. The van der Waals surface area contributed by atoms with Crippen molar-refractivity contribution in [3.05, 3.63) is 77.7 Å². The van der Waals surface area contributed by atoms with Gasteiger partial charge in [-0.05, 0) is 29.8 Å². The van der Waals surface area contributed by atoms with Gasteiger partial charge in [-0.25, -0.2) is 9.78 Å². The third-order valence-electron chi connectivity index (χ3n) is 3.30. The minimum atomic E-state index is -0.446. The number of hydrogen-bond donors (Lipinski definition) is 1. The van der Waals surface area contributed by atoms with Crippen LogP contribution in [0.5, 0.6) is 0 Å². The molecule has 1 aromatic heterocycles. The van der Waals surface area contributed by atoms with Gasteiger partial charge in [0.25, 0.3) is 0 Å². The molecule has 0 bridgehead atoms. The Morgan fingerprint density at radius 1 is 1.09 bits per heavy atom. The van der Waals surface area contributed by atoms with Gasteiger partial charge in [0.15, 0.2) is 0 Å². The van der Waals surface area contributed by atoms with Gasteiger partial charge >= 0.3 is 5.97 Å². The van der Waals surface area contributed by atoms with Crippen LogP contribution in [0.3, 0.4) is 0 Å². The summed E-state index contributed by atoms with van der Waals surface area (Å²) in [5.41, 5.74) is 2.58. The molecule has 0 radical (unpaired) electrons. The van der Waals surface area contributed by atoms with E-state index >= 15 is 0 Å². The predicted octanol–water partition coefficient (Wildman–Crippen LogP) is 3.19. The van der Waals surface area contributed by atoms with Gasteiger partial charge < -0.3 is 14.3 Å². The molecular formula is C18H15NO4. The second-order valence-corrected chi connectivity index (χ2v) is 4.94. The van der Waals surface area contributed by atoms with E-state index in [4.69, 9.17) is 14.3 Å². The molecule has 1 N–H and O–H groups in total. The van der Waals surface area contributed by atoms with Crippen molar-refractivity contribution in [1.82, 2.24) is 4.98 Å². The highest BCUT2D eigenvalue weighted by molar-refractivity contribution is 5.89. The summed E-state index contributed by atoms with van der Waals surface area (Å²) in [5, 5.41) is 8.98. The fraction of sp³-hybridized carbons (Fsp3) is 0.111. The van der Waals surface area contributed by atoms with Crippen molar-refractivity contribution in [3.8, 4) is 11.5 Å². The molecule has 0 fully saturated rings. The Bertz CT molecular complexity index is 778. The predicted molar refractivity (Wildman–Crippen MR) is 83.4 cm³/mol. The third-order valence-corrected chi connectivity index (χ3v) is 3.30. The number of rotatable bonds is 5. The van der Waals surface area contributed by atoms with Crippen molar-refractivity contribution in [2.45, 2.75) is 13.2 Å². The highest BCUT2D eigenvalue weighted by atomic mass is 16.5. The third kappa shape index (κ3) is 3.64. The zero-order valence-corrected chi connectivity index (χ0v) is 12.3. The van der Waals surface area contributed by atoms with E-state index < -0.39 is 5.97 Å². The number of ether oxygens (including phenoxy) is 1. The van der Waals surface area contributed by atoms with Crippen molar-refractivity contribution >= 4 is 5.97 Å². The van der Waals surface area contributed by atoms with Gasteiger partial charge in [-0.1, -0.05) is 30.3 Å². The molecule has 1 heterocycles. The molecule has 5 nitrogen and oxygen atoms in total. The van der Waals surface area contributed by atoms with E-state index in [1.807, 2.05) is 30.3 Å². The number of hydrogen-bond acceptors (Lipinski definition) is 5. The summed E-state index contributed by atoms with van der Waals surface area (Å²) in [6.45, 7) is -0.0204. The van der Waals surface area contributed by atoms with Gasteiger partial charge in [-0.15, -0.1) is 0 Å². The molecule has 0 aliphatic carbocycles. The molecule has 116 valence electrons. The molecule has 3 rings (SSSR count). The van der Waals surface area contributed by atoms with Gasteiger partial charge in [0.05, 0.1) is 12.2 Å². The monoisotopic (exact) mass is 309 g/mol. The topological polar surface area (TPSA) is 72.6 Å². The number of benzene rings is 2. The lowest BCUT2D eigenvalue weighted by molar-refractivity contribution is 0.0467. The first kappa shape index (κ1) is 15.0. The molecule has 0 saturated heterocycles. The fourth-order valence-corrected chi connectivity index (χ4v) is 2.06. The molecule has 3 aromatic rings. The van der Waals surface area contributed by atoms with Crippen LogP contribution in [-0.2, 0) is 18.0 Å².